The van der Waals surface area contributed by atoms with Crippen LogP contribution in [0.2, 0.25) is 0 Å². The summed E-state index contributed by atoms with van der Waals surface area (Å²) in [5.41, 5.74) is 2.94. The van der Waals surface area contributed by atoms with E-state index in [9.17, 15) is 9.59 Å². The second-order valence-electron chi connectivity index (χ2n) is 9.44. The number of rotatable bonds is 9. The lowest BCUT2D eigenvalue weighted by Crippen LogP contribution is -2.44. The smallest absolute Gasteiger partial charge is 0.259 e. The molecule has 0 N–H and O–H groups in total. The first kappa shape index (κ1) is 24.0. The van der Waals surface area contributed by atoms with Crippen LogP contribution in [0.3, 0.4) is 0 Å². The van der Waals surface area contributed by atoms with E-state index in [2.05, 4.69) is 27.7 Å². The molecule has 33 heavy (non-hydrogen) atoms. The van der Waals surface area contributed by atoms with Crippen LogP contribution in [-0.4, -0.2) is 44.7 Å². The Morgan fingerprint density at radius 2 is 1.24 bits per heavy atom. The number of benzene rings is 2. The molecule has 0 saturated heterocycles. The SMILES string of the molecule is CCCCC(CC)CN1C(=O)c2ccc3c4c(ccc(c24)C1=S)C(=S)N(CC(C)CC)C3=O. The van der Waals surface area contributed by atoms with Crippen LogP contribution in [0.5, 0.6) is 0 Å². The van der Waals surface area contributed by atoms with Gasteiger partial charge in [0.15, 0.2) is 0 Å². The maximum absolute atomic E-state index is 13.6. The van der Waals surface area contributed by atoms with Gasteiger partial charge < -0.3 is 0 Å². The van der Waals surface area contributed by atoms with Gasteiger partial charge in [-0.3, -0.25) is 19.4 Å². The molecule has 2 aromatic rings. The second-order valence-corrected chi connectivity index (χ2v) is 10.2. The average molecular weight is 481 g/mol. The summed E-state index contributed by atoms with van der Waals surface area (Å²) in [7, 11) is 0. The van der Waals surface area contributed by atoms with E-state index in [1.807, 2.05) is 18.2 Å². The van der Waals surface area contributed by atoms with Crippen LogP contribution < -0.4 is 0 Å². The van der Waals surface area contributed by atoms with Crippen molar-refractivity contribution in [3.63, 3.8) is 0 Å². The first-order valence-corrected chi connectivity index (χ1v) is 13.0. The Hall–Kier alpha value is -2.18. The van der Waals surface area contributed by atoms with Gasteiger partial charge in [0, 0.05) is 46.1 Å². The molecule has 2 atom stereocenters. The van der Waals surface area contributed by atoms with Gasteiger partial charge in [0.1, 0.15) is 9.98 Å². The first-order chi connectivity index (χ1) is 15.8. The summed E-state index contributed by atoms with van der Waals surface area (Å²) in [6.45, 7) is 9.84. The van der Waals surface area contributed by atoms with E-state index < -0.39 is 0 Å². The van der Waals surface area contributed by atoms with Gasteiger partial charge in [-0.15, -0.1) is 0 Å². The highest BCUT2D eigenvalue weighted by Crippen LogP contribution is 2.39. The molecule has 0 saturated carbocycles. The fourth-order valence-electron chi connectivity index (χ4n) is 4.92. The number of hydrogen-bond acceptors (Lipinski definition) is 4. The Kier molecular flexibility index (Phi) is 6.96. The second kappa shape index (κ2) is 9.59. The van der Waals surface area contributed by atoms with E-state index in [0.717, 1.165) is 54.0 Å². The lowest BCUT2D eigenvalue weighted by Gasteiger charge is -2.36. The summed E-state index contributed by atoms with van der Waals surface area (Å²) >= 11 is 11.6. The van der Waals surface area contributed by atoms with Crippen LogP contribution in [0.1, 0.15) is 91.6 Å². The molecule has 6 heteroatoms. The lowest BCUT2D eigenvalue weighted by atomic mass is 9.85. The van der Waals surface area contributed by atoms with Crippen molar-refractivity contribution < 1.29 is 9.59 Å². The highest BCUT2D eigenvalue weighted by Gasteiger charge is 2.37. The molecule has 2 aromatic carbocycles. The van der Waals surface area contributed by atoms with Crippen molar-refractivity contribution in [2.75, 3.05) is 13.1 Å². The van der Waals surface area contributed by atoms with E-state index in [4.69, 9.17) is 24.4 Å². The topological polar surface area (TPSA) is 40.6 Å². The minimum Gasteiger partial charge on any atom is -0.298 e. The Labute approximate surface area is 207 Å². The van der Waals surface area contributed by atoms with Gasteiger partial charge in [-0.25, -0.2) is 0 Å². The molecule has 0 radical (unpaired) electrons. The van der Waals surface area contributed by atoms with Crippen molar-refractivity contribution in [1.82, 2.24) is 9.80 Å². The number of amides is 2. The third-order valence-corrected chi connectivity index (χ3v) is 8.12. The van der Waals surface area contributed by atoms with Crippen molar-refractivity contribution in [2.45, 2.75) is 59.8 Å². The van der Waals surface area contributed by atoms with Crippen molar-refractivity contribution in [3.05, 3.63) is 46.5 Å². The van der Waals surface area contributed by atoms with Crippen LogP contribution in [0, 0.1) is 11.8 Å². The number of carbonyl (C=O) groups excluding carboxylic acids is 2. The summed E-state index contributed by atoms with van der Waals surface area (Å²) in [6, 6.07) is 7.58. The highest BCUT2D eigenvalue weighted by atomic mass is 32.1. The zero-order valence-corrected chi connectivity index (χ0v) is 21.6. The highest BCUT2D eigenvalue weighted by molar-refractivity contribution is 7.81. The van der Waals surface area contributed by atoms with E-state index in [1.165, 1.54) is 0 Å². The molecule has 2 amide bonds. The Bertz CT molecular complexity index is 1090. The predicted octanol–water partition coefficient (Wildman–Crippen LogP) is 6.36. The molecule has 0 fully saturated rings. The standard InChI is InChI=1S/C27H32N2O2S2/c1-5-8-9-17(7-3)15-29-25(31)19-11-10-18-22-20(12-13-21(23(19)22)27(29)33)26(32)28(24(18)30)14-16(4)6-2/h10-13,16-17H,5-9,14-15H2,1-4H3. The molecule has 2 heterocycles. The number of carbonyl (C=O) groups is 2. The molecule has 4 nitrogen and oxygen atoms in total. The average Bonchev–Trinajstić information content (AvgIpc) is 2.83. The van der Waals surface area contributed by atoms with Crippen molar-refractivity contribution in [1.29, 1.82) is 0 Å². The van der Waals surface area contributed by atoms with Crippen LogP contribution in [-0.2, 0) is 0 Å². The van der Waals surface area contributed by atoms with Crippen LogP contribution in [0.25, 0.3) is 10.8 Å². The van der Waals surface area contributed by atoms with Crippen LogP contribution in [0.15, 0.2) is 24.3 Å². The Morgan fingerprint density at radius 1 is 0.758 bits per heavy atom. The van der Waals surface area contributed by atoms with Gasteiger partial charge in [-0.05, 0) is 30.4 Å². The summed E-state index contributed by atoms with van der Waals surface area (Å²) < 4.78 is 0. The van der Waals surface area contributed by atoms with Crippen LogP contribution >= 0.6 is 24.4 Å². The lowest BCUT2D eigenvalue weighted by molar-refractivity contribution is 0.0820. The van der Waals surface area contributed by atoms with Gasteiger partial charge >= 0.3 is 0 Å². The number of unbranched alkanes of at least 4 members (excludes halogenated alkanes) is 1. The monoisotopic (exact) mass is 480 g/mol. The zero-order chi connectivity index (χ0) is 23.9. The predicted molar refractivity (Wildman–Crippen MR) is 142 cm³/mol. The minimum absolute atomic E-state index is 0.0634. The summed E-state index contributed by atoms with van der Waals surface area (Å²) in [5, 5.41) is 1.57. The molecule has 0 spiro atoms. The molecule has 2 aliphatic heterocycles. The van der Waals surface area contributed by atoms with Crippen molar-refractivity contribution >= 4 is 57.0 Å². The third kappa shape index (κ3) is 4.01. The minimum atomic E-state index is -0.0806. The van der Waals surface area contributed by atoms with Gasteiger partial charge in [0.05, 0.1) is 0 Å². The maximum atomic E-state index is 13.6. The molecular weight excluding hydrogens is 448 g/mol. The third-order valence-electron chi connectivity index (χ3n) is 7.24. The van der Waals surface area contributed by atoms with Gasteiger partial charge in [-0.1, -0.05) is 89.9 Å². The molecule has 174 valence electrons. The van der Waals surface area contributed by atoms with E-state index in [1.54, 1.807) is 15.9 Å². The van der Waals surface area contributed by atoms with E-state index in [-0.39, 0.29) is 11.8 Å². The van der Waals surface area contributed by atoms with E-state index >= 15 is 0 Å². The summed E-state index contributed by atoms with van der Waals surface area (Å²) in [6.07, 6.45) is 5.38. The molecule has 4 rings (SSSR count). The summed E-state index contributed by atoms with van der Waals surface area (Å²) in [5.74, 6) is 0.627. The number of nitrogens with zero attached hydrogens (tertiary/aromatic N) is 2. The Morgan fingerprint density at radius 3 is 1.70 bits per heavy atom. The zero-order valence-electron chi connectivity index (χ0n) is 19.9. The summed E-state index contributed by atoms with van der Waals surface area (Å²) in [4.78, 5) is 31.6. The molecular formula is C27H32N2O2S2. The molecule has 0 aliphatic carbocycles. The van der Waals surface area contributed by atoms with Crippen LogP contribution in [0.4, 0.5) is 0 Å². The van der Waals surface area contributed by atoms with Gasteiger partial charge in [0.25, 0.3) is 11.8 Å². The number of thiocarbonyl (C=S) groups is 2. The van der Waals surface area contributed by atoms with Gasteiger partial charge in [-0.2, -0.15) is 0 Å². The Balaban J connectivity index is 1.78. The van der Waals surface area contributed by atoms with Gasteiger partial charge in [0.2, 0.25) is 0 Å². The molecule has 0 bridgehead atoms. The van der Waals surface area contributed by atoms with Crippen molar-refractivity contribution in [3.8, 4) is 0 Å². The molecule has 2 unspecified atom stereocenters. The van der Waals surface area contributed by atoms with E-state index in [0.29, 0.717) is 46.0 Å². The fourth-order valence-corrected chi connectivity index (χ4v) is 5.58. The molecule has 2 aliphatic rings. The largest absolute Gasteiger partial charge is 0.298 e. The van der Waals surface area contributed by atoms with Crippen molar-refractivity contribution in [2.24, 2.45) is 11.8 Å². The molecule has 0 aromatic heterocycles. The fraction of sp³-hybridized carbons (Fsp3) is 0.481. The number of hydrogen-bond donors (Lipinski definition) is 0. The quantitative estimate of drug-likeness (QED) is 0.391. The maximum Gasteiger partial charge on any atom is 0.259 e. The normalized spacial score (nSPS) is 17.2. The first-order valence-electron chi connectivity index (χ1n) is 12.2.